The number of carboxylic acid groups (broad SMARTS) is 1. The fourth-order valence-electron chi connectivity index (χ4n) is 1.84. The SMILES string of the molecule is CC1(C)C(N)CC1CCC(=O)O.Cl. The first kappa shape index (κ1) is 12.7. The summed E-state index contributed by atoms with van der Waals surface area (Å²) in [6.07, 6.45) is 2.04. The Balaban J connectivity index is 0.00000144. The average Bonchev–Trinajstić information content (AvgIpc) is 1.97. The van der Waals surface area contributed by atoms with Gasteiger partial charge in [-0.05, 0) is 24.2 Å². The maximum Gasteiger partial charge on any atom is 0.303 e. The molecule has 2 atom stereocenters. The first-order valence-electron chi connectivity index (χ1n) is 4.42. The molecule has 0 aromatic heterocycles. The Bertz CT molecular complexity index is 194. The van der Waals surface area contributed by atoms with Gasteiger partial charge >= 0.3 is 5.97 Å². The van der Waals surface area contributed by atoms with Crippen LogP contribution in [-0.2, 0) is 4.79 Å². The van der Waals surface area contributed by atoms with E-state index in [0.717, 1.165) is 12.8 Å². The van der Waals surface area contributed by atoms with E-state index in [1.165, 1.54) is 0 Å². The molecule has 0 spiro atoms. The third-order valence-corrected chi connectivity index (χ3v) is 3.25. The van der Waals surface area contributed by atoms with Gasteiger partial charge in [0, 0.05) is 12.5 Å². The molecular formula is C9H18ClNO2. The number of nitrogens with two attached hydrogens (primary N) is 1. The zero-order valence-electron chi connectivity index (χ0n) is 8.12. The fourth-order valence-corrected chi connectivity index (χ4v) is 1.84. The van der Waals surface area contributed by atoms with Crippen LogP contribution in [0.5, 0.6) is 0 Å². The molecule has 0 aliphatic heterocycles. The summed E-state index contributed by atoms with van der Waals surface area (Å²) in [5, 5.41) is 8.49. The van der Waals surface area contributed by atoms with Crippen molar-refractivity contribution in [1.29, 1.82) is 0 Å². The molecule has 13 heavy (non-hydrogen) atoms. The number of hydrogen-bond acceptors (Lipinski definition) is 2. The van der Waals surface area contributed by atoms with E-state index in [9.17, 15) is 4.79 Å². The van der Waals surface area contributed by atoms with E-state index < -0.39 is 5.97 Å². The van der Waals surface area contributed by atoms with E-state index in [2.05, 4.69) is 13.8 Å². The van der Waals surface area contributed by atoms with Crippen molar-refractivity contribution in [3.63, 3.8) is 0 Å². The summed E-state index contributed by atoms with van der Waals surface area (Å²) in [6.45, 7) is 4.24. The van der Waals surface area contributed by atoms with Gasteiger partial charge in [0.2, 0.25) is 0 Å². The molecule has 1 fully saturated rings. The monoisotopic (exact) mass is 207 g/mol. The van der Waals surface area contributed by atoms with Gasteiger partial charge in [-0.15, -0.1) is 12.4 Å². The first-order valence-corrected chi connectivity index (χ1v) is 4.42. The van der Waals surface area contributed by atoms with E-state index in [-0.39, 0.29) is 30.3 Å². The minimum absolute atomic E-state index is 0. The lowest BCUT2D eigenvalue weighted by molar-refractivity contribution is -0.138. The zero-order chi connectivity index (χ0) is 9.35. The Kier molecular flexibility index (Phi) is 4.20. The molecular weight excluding hydrogens is 190 g/mol. The van der Waals surface area contributed by atoms with E-state index in [4.69, 9.17) is 10.8 Å². The van der Waals surface area contributed by atoms with Crippen LogP contribution in [0.4, 0.5) is 0 Å². The Morgan fingerprint density at radius 2 is 2.15 bits per heavy atom. The van der Waals surface area contributed by atoms with Gasteiger partial charge in [-0.3, -0.25) is 4.79 Å². The molecule has 2 unspecified atom stereocenters. The molecule has 0 aromatic carbocycles. The van der Waals surface area contributed by atoms with Gasteiger partial charge < -0.3 is 10.8 Å². The minimum Gasteiger partial charge on any atom is -0.481 e. The van der Waals surface area contributed by atoms with E-state index in [0.29, 0.717) is 5.92 Å². The third-order valence-electron chi connectivity index (χ3n) is 3.25. The van der Waals surface area contributed by atoms with Gasteiger partial charge in [-0.25, -0.2) is 0 Å². The second-order valence-corrected chi connectivity index (χ2v) is 4.29. The van der Waals surface area contributed by atoms with Crippen LogP contribution < -0.4 is 5.73 Å². The summed E-state index contributed by atoms with van der Waals surface area (Å²) in [7, 11) is 0. The molecule has 4 heteroatoms. The van der Waals surface area contributed by atoms with Gasteiger partial charge in [-0.1, -0.05) is 13.8 Å². The van der Waals surface area contributed by atoms with Crippen LogP contribution in [0.2, 0.25) is 0 Å². The second kappa shape index (κ2) is 4.29. The van der Waals surface area contributed by atoms with Gasteiger partial charge in [0.15, 0.2) is 0 Å². The van der Waals surface area contributed by atoms with Crippen molar-refractivity contribution in [3.8, 4) is 0 Å². The molecule has 0 aromatic rings. The second-order valence-electron chi connectivity index (χ2n) is 4.29. The van der Waals surface area contributed by atoms with E-state index in [1.807, 2.05) is 0 Å². The number of rotatable bonds is 3. The highest BCUT2D eigenvalue weighted by Crippen LogP contribution is 2.47. The molecule has 0 amide bonds. The smallest absolute Gasteiger partial charge is 0.303 e. The predicted molar refractivity (Wildman–Crippen MR) is 54.0 cm³/mol. The first-order chi connectivity index (χ1) is 5.44. The normalized spacial score (nSPS) is 30.1. The number of hydrogen-bond donors (Lipinski definition) is 2. The van der Waals surface area contributed by atoms with Gasteiger partial charge in [0.1, 0.15) is 0 Å². The van der Waals surface area contributed by atoms with Crippen molar-refractivity contribution < 1.29 is 9.90 Å². The lowest BCUT2D eigenvalue weighted by atomic mass is 9.57. The van der Waals surface area contributed by atoms with Crippen molar-refractivity contribution in [2.45, 2.75) is 39.2 Å². The number of carboxylic acids is 1. The van der Waals surface area contributed by atoms with Crippen molar-refractivity contribution in [1.82, 2.24) is 0 Å². The standard InChI is InChI=1S/C9H17NO2.ClH/c1-9(2)6(5-7(9)10)3-4-8(11)12;/h6-7H,3-5,10H2,1-2H3,(H,11,12);1H. The molecule has 1 saturated carbocycles. The lowest BCUT2D eigenvalue weighted by Gasteiger charge is -2.50. The molecule has 0 bridgehead atoms. The largest absolute Gasteiger partial charge is 0.481 e. The molecule has 0 saturated heterocycles. The molecule has 78 valence electrons. The average molecular weight is 208 g/mol. The predicted octanol–water partition coefficient (Wildman–Crippen LogP) is 1.65. The van der Waals surface area contributed by atoms with Crippen LogP contribution in [-0.4, -0.2) is 17.1 Å². The van der Waals surface area contributed by atoms with Crippen LogP contribution in [0.3, 0.4) is 0 Å². The Labute approximate surface area is 85.1 Å². The van der Waals surface area contributed by atoms with Crippen LogP contribution in [0.1, 0.15) is 33.1 Å². The van der Waals surface area contributed by atoms with Crippen LogP contribution >= 0.6 is 12.4 Å². The number of carbonyl (C=O) groups is 1. The topological polar surface area (TPSA) is 63.3 Å². The summed E-state index contributed by atoms with van der Waals surface area (Å²) < 4.78 is 0. The molecule has 1 aliphatic carbocycles. The molecule has 1 aliphatic rings. The summed E-state index contributed by atoms with van der Waals surface area (Å²) in [5.41, 5.74) is 5.95. The highest BCUT2D eigenvalue weighted by atomic mass is 35.5. The van der Waals surface area contributed by atoms with Crippen molar-refractivity contribution in [2.75, 3.05) is 0 Å². The van der Waals surface area contributed by atoms with Gasteiger partial charge in [0.05, 0.1) is 0 Å². The maximum absolute atomic E-state index is 10.3. The molecule has 3 N–H and O–H groups in total. The summed E-state index contributed by atoms with van der Waals surface area (Å²) >= 11 is 0. The fraction of sp³-hybridized carbons (Fsp3) is 0.889. The Hall–Kier alpha value is -0.280. The highest BCUT2D eigenvalue weighted by Gasteiger charge is 2.45. The summed E-state index contributed by atoms with van der Waals surface area (Å²) in [6, 6.07) is 0.260. The van der Waals surface area contributed by atoms with Crippen molar-refractivity contribution in [3.05, 3.63) is 0 Å². The molecule has 0 radical (unpaired) electrons. The van der Waals surface area contributed by atoms with Crippen LogP contribution in [0.15, 0.2) is 0 Å². The van der Waals surface area contributed by atoms with E-state index >= 15 is 0 Å². The Morgan fingerprint density at radius 1 is 1.62 bits per heavy atom. The number of halogens is 1. The third kappa shape index (κ3) is 2.58. The minimum atomic E-state index is -0.703. The van der Waals surface area contributed by atoms with Crippen LogP contribution in [0, 0.1) is 11.3 Å². The molecule has 1 rings (SSSR count). The summed E-state index contributed by atoms with van der Waals surface area (Å²) in [4.78, 5) is 10.3. The number of aliphatic carboxylic acids is 1. The highest BCUT2D eigenvalue weighted by molar-refractivity contribution is 5.85. The van der Waals surface area contributed by atoms with Crippen molar-refractivity contribution in [2.24, 2.45) is 17.1 Å². The quantitative estimate of drug-likeness (QED) is 0.740. The van der Waals surface area contributed by atoms with Gasteiger partial charge in [-0.2, -0.15) is 0 Å². The molecule has 0 heterocycles. The van der Waals surface area contributed by atoms with E-state index in [1.54, 1.807) is 0 Å². The lowest BCUT2D eigenvalue weighted by Crippen LogP contribution is -2.54. The van der Waals surface area contributed by atoms with Gasteiger partial charge in [0.25, 0.3) is 0 Å². The zero-order valence-corrected chi connectivity index (χ0v) is 8.93. The Morgan fingerprint density at radius 3 is 2.46 bits per heavy atom. The maximum atomic E-state index is 10.3. The van der Waals surface area contributed by atoms with Crippen molar-refractivity contribution >= 4 is 18.4 Å². The molecule has 3 nitrogen and oxygen atoms in total. The summed E-state index contributed by atoms with van der Waals surface area (Å²) in [5.74, 6) is -0.199. The van der Waals surface area contributed by atoms with Crippen LogP contribution in [0.25, 0.3) is 0 Å².